The van der Waals surface area contributed by atoms with Gasteiger partial charge in [-0.1, -0.05) is 18.6 Å². The van der Waals surface area contributed by atoms with Crippen LogP contribution in [0.4, 0.5) is 10.5 Å². The number of aromatic nitrogens is 2. The summed E-state index contributed by atoms with van der Waals surface area (Å²) in [5.74, 6) is 0. The van der Waals surface area contributed by atoms with Gasteiger partial charge in [0, 0.05) is 50.7 Å². The highest BCUT2D eigenvalue weighted by Crippen LogP contribution is 2.21. The first-order chi connectivity index (χ1) is 11.6. The van der Waals surface area contributed by atoms with Crippen molar-refractivity contribution in [2.75, 3.05) is 25.5 Å². The molecule has 2 heterocycles. The minimum absolute atomic E-state index is 0.118. The minimum atomic E-state index is -0.118. The van der Waals surface area contributed by atoms with Crippen LogP contribution in [0.3, 0.4) is 0 Å². The molecule has 1 aromatic heterocycles. The van der Waals surface area contributed by atoms with E-state index >= 15 is 0 Å². The van der Waals surface area contributed by atoms with E-state index in [2.05, 4.69) is 16.5 Å². The summed E-state index contributed by atoms with van der Waals surface area (Å²) in [4.78, 5) is 16.0. The molecule has 3 rings (SSSR count). The number of amides is 2. The smallest absolute Gasteiger partial charge is 0.321 e. The zero-order valence-electron chi connectivity index (χ0n) is 13.9. The van der Waals surface area contributed by atoms with Crippen molar-refractivity contribution in [3.8, 4) is 23.6 Å². The Labute approximate surface area is 142 Å². The van der Waals surface area contributed by atoms with Gasteiger partial charge in [0.15, 0.2) is 0 Å². The standard InChI is InChI=1S/C18H21N5O/c1-4-23-10-9-17(13-23)22(3)18(24)20-16-7-5-14(6-8-16)15-11-19-21(2)12-15/h1,5-8,11-12,17H,9-10,13H2,2-3H3,(H,20,24)/t17-/m1/s1. The van der Waals surface area contributed by atoms with Crippen LogP contribution in [-0.4, -0.2) is 51.8 Å². The van der Waals surface area contributed by atoms with Gasteiger partial charge >= 0.3 is 6.03 Å². The third-order valence-electron chi connectivity index (χ3n) is 4.39. The fraction of sp³-hybridized carbons (Fsp3) is 0.333. The van der Waals surface area contributed by atoms with Crippen LogP contribution in [0, 0.1) is 12.5 Å². The van der Waals surface area contributed by atoms with Gasteiger partial charge in [0.1, 0.15) is 0 Å². The third kappa shape index (κ3) is 3.35. The average Bonchev–Trinajstić information content (AvgIpc) is 3.23. The Bertz CT molecular complexity index is 758. The number of benzene rings is 1. The topological polar surface area (TPSA) is 53.4 Å². The van der Waals surface area contributed by atoms with E-state index in [0.29, 0.717) is 0 Å². The number of urea groups is 1. The Hall–Kier alpha value is -2.94. The lowest BCUT2D eigenvalue weighted by Gasteiger charge is -2.24. The molecule has 0 unspecified atom stereocenters. The van der Waals surface area contributed by atoms with Crippen molar-refractivity contribution < 1.29 is 4.79 Å². The Morgan fingerprint density at radius 3 is 2.71 bits per heavy atom. The first-order valence-electron chi connectivity index (χ1n) is 7.91. The van der Waals surface area contributed by atoms with Crippen LogP contribution in [0.5, 0.6) is 0 Å². The lowest BCUT2D eigenvalue weighted by Crippen LogP contribution is -2.41. The zero-order valence-corrected chi connectivity index (χ0v) is 13.9. The number of terminal acetylenes is 1. The first-order valence-corrected chi connectivity index (χ1v) is 7.91. The summed E-state index contributed by atoms with van der Waals surface area (Å²) >= 11 is 0. The number of hydrogen-bond acceptors (Lipinski definition) is 3. The molecule has 1 N–H and O–H groups in total. The van der Waals surface area contributed by atoms with Gasteiger partial charge in [-0.3, -0.25) is 4.68 Å². The van der Waals surface area contributed by atoms with E-state index in [4.69, 9.17) is 6.42 Å². The summed E-state index contributed by atoms with van der Waals surface area (Å²) in [6, 6.07) is 10.4. The molecule has 0 aliphatic carbocycles. The average molecular weight is 323 g/mol. The van der Waals surface area contributed by atoms with Gasteiger partial charge in [0.05, 0.1) is 12.2 Å². The van der Waals surface area contributed by atoms with E-state index < -0.39 is 0 Å². The fourth-order valence-electron chi connectivity index (χ4n) is 2.87. The van der Waals surface area contributed by atoms with Crippen molar-refractivity contribution in [3.63, 3.8) is 0 Å². The number of hydrogen-bond donors (Lipinski definition) is 1. The monoisotopic (exact) mass is 323 g/mol. The second-order valence-corrected chi connectivity index (χ2v) is 6.04. The number of rotatable bonds is 3. The predicted octanol–water partition coefficient (Wildman–Crippen LogP) is 2.22. The molecule has 1 aliphatic heterocycles. The molecule has 124 valence electrons. The largest absolute Gasteiger partial charge is 0.331 e. The van der Waals surface area contributed by atoms with Crippen molar-refractivity contribution in [1.29, 1.82) is 0 Å². The summed E-state index contributed by atoms with van der Waals surface area (Å²) in [5, 5.41) is 7.10. The number of nitrogens with zero attached hydrogens (tertiary/aromatic N) is 4. The van der Waals surface area contributed by atoms with Crippen molar-refractivity contribution in [3.05, 3.63) is 36.7 Å². The van der Waals surface area contributed by atoms with E-state index in [1.54, 1.807) is 9.58 Å². The van der Waals surface area contributed by atoms with Crippen LogP contribution in [-0.2, 0) is 7.05 Å². The maximum atomic E-state index is 12.4. The molecular formula is C18H21N5O. The molecule has 1 aliphatic rings. The third-order valence-corrected chi connectivity index (χ3v) is 4.39. The Balaban J connectivity index is 1.61. The van der Waals surface area contributed by atoms with E-state index in [1.807, 2.05) is 55.7 Å². The lowest BCUT2D eigenvalue weighted by atomic mass is 10.1. The highest BCUT2D eigenvalue weighted by molar-refractivity contribution is 5.89. The molecule has 24 heavy (non-hydrogen) atoms. The molecule has 6 heteroatoms. The van der Waals surface area contributed by atoms with Gasteiger partial charge in [-0.25, -0.2) is 4.79 Å². The maximum absolute atomic E-state index is 12.4. The van der Waals surface area contributed by atoms with Crippen molar-refractivity contribution in [2.24, 2.45) is 7.05 Å². The van der Waals surface area contributed by atoms with Crippen LogP contribution >= 0.6 is 0 Å². The molecule has 1 atom stereocenters. The number of aryl methyl sites for hydroxylation is 1. The molecule has 1 fully saturated rings. The maximum Gasteiger partial charge on any atom is 0.321 e. The summed E-state index contributed by atoms with van der Waals surface area (Å²) in [5.41, 5.74) is 2.88. The molecular weight excluding hydrogens is 302 g/mol. The molecule has 0 saturated carbocycles. The molecule has 0 bridgehead atoms. The SMILES string of the molecule is C#CN1CC[C@@H](N(C)C(=O)Nc2ccc(-c3cnn(C)c3)cc2)C1. The minimum Gasteiger partial charge on any atom is -0.331 e. The molecule has 6 nitrogen and oxygen atoms in total. The van der Waals surface area contributed by atoms with E-state index in [0.717, 1.165) is 36.3 Å². The number of likely N-dealkylation sites (tertiary alicyclic amines) is 1. The van der Waals surface area contributed by atoms with Crippen molar-refractivity contribution in [1.82, 2.24) is 19.6 Å². The van der Waals surface area contributed by atoms with Gasteiger partial charge in [-0.05, 0) is 24.1 Å². The summed E-state index contributed by atoms with van der Waals surface area (Å²) < 4.78 is 1.76. The van der Waals surface area contributed by atoms with Crippen LogP contribution in [0.25, 0.3) is 11.1 Å². The Morgan fingerprint density at radius 2 is 2.12 bits per heavy atom. The Kier molecular flexibility index (Phi) is 4.43. The molecule has 1 saturated heterocycles. The highest BCUT2D eigenvalue weighted by atomic mass is 16.2. The fourth-order valence-corrected chi connectivity index (χ4v) is 2.87. The zero-order chi connectivity index (χ0) is 17.1. The number of anilines is 1. The van der Waals surface area contributed by atoms with Gasteiger partial charge in [-0.15, -0.1) is 0 Å². The molecule has 2 aromatic rings. The van der Waals surface area contributed by atoms with Crippen molar-refractivity contribution in [2.45, 2.75) is 12.5 Å². The first kappa shape index (κ1) is 15.9. The summed E-state index contributed by atoms with van der Waals surface area (Å²) in [6.07, 6.45) is 10.1. The number of carbonyl (C=O) groups is 1. The quantitative estimate of drug-likeness (QED) is 0.881. The summed E-state index contributed by atoms with van der Waals surface area (Å²) in [7, 11) is 3.70. The highest BCUT2D eigenvalue weighted by Gasteiger charge is 2.27. The van der Waals surface area contributed by atoms with Crippen molar-refractivity contribution >= 4 is 11.7 Å². The van der Waals surface area contributed by atoms with E-state index in [-0.39, 0.29) is 12.1 Å². The summed E-state index contributed by atoms with van der Waals surface area (Å²) in [6.45, 7) is 1.55. The molecule has 0 spiro atoms. The number of nitrogens with one attached hydrogen (secondary N) is 1. The van der Waals surface area contributed by atoms with Gasteiger partial charge in [-0.2, -0.15) is 5.10 Å². The van der Waals surface area contributed by atoms with Gasteiger partial charge in [0.25, 0.3) is 0 Å². The van der Waals surface area contributed by atoms with Gasteiger partial charge in [0.2, 0.25) is 0 Å². The van der Waals surface area contributed by atoms with E-state index in [1.165, 1.54) is 0 Å². The Morgan fingerprint density at radius 1 is 1.38 bits per heavy atom. The second-order valence-electron chi connectivity index (χ2n) is 6.04. The van der Waals surface area contributed by atoms with Crippen LogP contribution < -0.4 is 5.32 Å². The van der Waals surface area contributed by atoms with Crippen LogP contribution in [0.1, 0.15) is 6.42 Å². The molecule has 1 aromatic carbocycles. The lowest BCUT2D eigenvalue weighted by molar-refractivity contribution is 0.205. The predicted molar refractivity (Wildman–Crippen MR) is 94.2 cm³/mol. The van der Waals surface area contributed by atoms with Crippen LogP contribution in [0.2, 0.25) is 0 Å². The number of carbonyl (C=O) groups excluding carboxylic acids is 1. The van der Waals surface area contributed by atoms with Gasteiger partial charge < -0.3 is 15.1 Å². The molecule has 2 amide bonds. The number of likely N-dealkylation sites (N-methyl/N-ethyl adjacent to an activating group) is 1. The normalized spacial score (nSPS) is 16.7. The molecule has 0 radical (unpaired) electrons. The second kappa shape index (κ2) is 6.67. The van der Waals surface area contributed by atoms with E-state index in [9.17, 15) is 4.79 Å². The van der Waals surface area contributed by atoms with Crippen LogP contribution in [0.15, 0.2) is 36.7 Å².